The third-order valence-corrected chi connectivity index (χ3v) is 5.34. The van der Waals surface area contributed by atoms with Crippen LogP contribution in [-0.2, 0) is 0 Å². The maximum absolute atomic E-state index is 4.96. The highest BCUT2D eigenvalue weighted by molar-refractivity contribution is 5.86. The Morgan fingerprint density at radius 1 is 0.926 bits per heavy atom. The first-order valence-corrected chi connectivity index (χ1v) is 9.21. The van der Waals surface area contributed by atoms with Crippen LogP contribution in [0, 0.1) is 13.8 Å². The second-order valence-electron chi connectivity index (χ2n) is 7.04. The summed E-state index contributed by atoms with van der Waals surface area (Å²) in [7, 11) is 0. The number of rotatable bonds is 2. The second kappa shape index (κ2) is 6.19. The van der Waals surface area contributed by atoms with Crippen molar-refractivity contribution in [3.05, 3.63) is 48.0 Å². The molecule has 7 heteroatoms. The van der Waals surface area contributed by atoms with E-state index in [9.17, 15) is 0 Å². The molecule has 4 heterocycles. The molecule has 5 rings (SSSR count). The molecule has 1 aliphatic heterocycles. The Bertz CT molecular complexity index is 1130. The predicted molar refractivity (Wildman–Crippen MR) is 107 cm³/mol. The lowest BCUT2D eigenvalue weighted by Gasteiger charge is -2.36. The number of para-hydroxylation sites is 1. The molecule has 1 fully saturated rings. The molecule has 27 heavy (non-hydrogen) atoms. The largest absolute Gasteiger partial charge is 0.353 e. The van der Waals surface area contributed by atoms with E-state index in [1.165, 1.54) is 16.5 Å². The minimum Gasteiger partial charge on any atom is -0.353 e. The molecule has 3 aromatic heterocycles. The van der Waals surface area contributed by atoms with Gasteiger partial charge in [0.05, 0.1) is 11.8 Å². The van der Waals surface area contributed by atoms with Crippen LogP contribution in [0.2, 0.25) is 0 Å². The standard InChI is InChI=1S/C20H21N7/c1-13-4-3-5-15-14(2)10-16(25-17(13)15)26-6-8-27(9-7-26)20-18-19(22-11-21-18)23-12-24-20/h3-5,10-12H,6-9H2,1-2H3,(H,21,22,23,24). The second-order valence-corrected chi connectivity index (χ2v) is 7.04. The number of aromatic amines is 1. The Labute approximate surface area is 157 Å². The summed E-state index contributed by atoms with van der Waals surface area (Å²) in [4.78, 5) is 25.7. The number of nitrogens with one attached hydrogen (secondary N) is 1. The van der Waals surface area contributed by atoms with E-state index in [1.54, 1.807) is 12.7 Å². The summed E-state index contributed by atoms with van der Waals surface area (Å²) in [5, 5.41) is 1.24. The average molecular weight is 359 g/mol. The van der Waals surface area contributed by atoms with Crippen molar-refractivity contribution in [3.63, 3.8) is 0 Å². The fourth-order valence-corrected chi connectivity index (χ4v) is 3.85. The Hall–Kier alpha value is -3.22. The van der Waals surface area contributed by atoms with Gasteiger partial charge in [0.15, 0.2) is 11.5 Å². The van der Waals surface area contributed by atoms with Crippen molar-refractivity contribution in [1.82, 2.24) is 24.9 Å². The van der Waals surface area contributed by atoms with E-state index in [2.05, 4.69) is 67.8 Å². The lowest BCUT2D eigenvalue weighted by molar-refractivity contribution is 0.643. The molecule has 0 radical (unpaired) electrons. The minimum absolute atomic E-state index is 0.713. The SMILES string of the molecule is Cc1cc(N2CCN(c3ncnc4nc[nH]c34)CC2)nc2c(C)cccc12. The number of H-pyrrole nitrogens is 1. The first-order chi connectivity index (χ1) is 13.2. The van der Waals surface area contributed by atoms with Crippen LogP contribution in [-0.4, -0.2) is 51.1 Å². The number of anilines is 2. The van der Waals surface area contributed by atoms with Gasteiger partial charge in [-0.15, -0.1) is 0 Å². The van der Waals surface area contributed by atoms with Crippen molar-refractivity contribution in [3.8, 4) is 0 Å². The molecule has 0 saturated carbocycles. The van der Waals surface area contributed by atoms with Crippen molar-refractivity contribution in [2.24, 2.45) is 0 Å². The Morgan fingerprint density at radius 2 is 1.74 bits per heavy atom. The van der Waals surface area contributed by atoms with Gasteiger partial charge in [0.25, 0.3) is 0 Å². The molecule has 1 N–H and O–H groups in total. The number of imidazole rings is 1. The summed E-state index contributed by atoms with van der Waals surface area (Å²) in [5.74, 6) is 1.99. The molecule has 1 aromatic carbocycles. The molecule has 0 spiro atoms. The normalized spacial score (nSPS) is 15.0. The fourth-order valence-electron chi connectivity index (χ4n) is 3.85. The Balaban J connectivity index is 1.41. The molecule has 1 saturated heterocycles. The van der Waals surface area contributed by atoms with E-state index >= 15 is 0 Å². The number of piperazine rings is 1. The zero-order chi connectivity index (χ0) is 18.4. The van der Waals surface area contributed by atoms with Crippen molar-refractivity contribution < 1.29 is 0 Å². The van der Waals surface area contributed by atoms with Crippen LogP contribution in [0.1, 0.15) is 11.1 Å². The van der Waals surface area contributed by atoms with E-state index < -0.39 is 0 Å². The highest BCUT2D eigenvalue weighted by Crippen LogP contribution is 2.27. The van der Waals surface area contributed by atoms with E-state index in [1.807, 2.05) is 0 Å². The Kier molecular flexibility index (Phi) is 3.67. The van der Waals surface area contributed by atoms with E-state index in [0.717, 1.165) is 48.8 Å². The van der Waals surface area contributed by atoms with Gasteiger partial charge in [-0.05, 0) is 31.0 Å². The topological polar surface area (TPSA) is 73.8 Å². The zero-order valence-electron chi connectivity index (χ0n) is 15.5. The summed E-state index contributed by atoms with van der Waals surface area (Å²) >= 11 is 0. The lowest BCUT2D eigenvalue weighted by Crippen LogP contribution is -2.47. The van der Waals surface area contributed by atoms with E-state index in [-0.39, 0.29) is 0 Å². The molecule has 0 atom stereocenters. The highest BCUT2D eigenvalue weighted by atomic mass is 15.3. The Morgan fingerprint density at radius 3 is 2.59 bits per heavy atom. The van der Waals surface area contributed by atoms with Crippen LogP contribution in [0.25, 0.3) is 22.1 Å². The molecular weight excluding hydrogens is 338 g/mol. The van der Waals surface area contributed by atoms with Crippen LogP contribution < -0.4 is 9.80 Å². The van der Waals surface area contributed by atoms with Gasteiger partial charge in [-0.1, -0.05) is 18.2 Å². The molecule has 0 unspecified atom stereocenters. The number of nitrogens with zero attached hydrogens (tertiary/aromatic N) is 6. The maximum atomic E-state index is 4.96. The third-order valence-electron chi connectivity index (χ3n) is 5.34. The quantitative estimate of drug-likeness (QED) is 0.593. The summed E-state index contributed by atoms with van der Waals surface area (Å²) < 4.78 is 0. The average Bonchev–Trinajstić information content (AvgIpc) is 3.18. The number of pyridine rings is 1. The highest BCUT2D eigenvalue weighted by Gasteiger charge is 2.22. The van der Waals surface area contributed by atoms with Crippen molar-refractivity contribution in [1.29, 1.82) is 0 Å². The van der Waals surface area contributed by atoms with Crippen LogP contribution >= 0.6 is 0 Å². The van der Waals surface area contributed by atoms with Gasteiger partial charge in [0.1, 0.15) is 17.7 Å². The number of fused-ring (bicyclic) bond motifs is 2. The monoisotopic (exact) mass is 359 g/mol. The molecule has 0 bridgehead atoms. The maximum Gasteiger partial charge on any atom is 0.182 e. The smallest absolute Gasteiger partial charge is 0.182 e. The number of hydrogen-bond acceptors (Lipinski definition) is 6. The summed E-state index contributed by atoms with van der Waals surface area (Å²) in [6.07, 6.45) is 3.26. The van der Waals surface area contributed by atoms with Gasteiger partial charge >= 0.3 is 0 Å². The predicted octanol–water partition coefficient (Wildman–Crippen LogP) is 2.84. The van der Waals surface area contributed by atoms with Gasteiger partial charge in [-0.2, -0.15) is 0 Å². The third kappa shape index (κ3) is 2.66. The fraction of sp³-hybridized carbons (Fsp3) is 0.300. The van der Waals surface area contributed by atoms with Crippen LogP contribution in [0.4, 0.5) is 11.6 Å². The first kappa shape index (κ1) is 16.0. The van der Waals surface area contributed by atoms with Gasteiger partial charge < -0.3 is 14.8 Å². The van der Waals surface area contributed by atoms with Crippen LogP contribution in [0.15, 0.2) is 36.9 Å². The number of benzene rings is 1. The lowest BCUT2D eigenvalue weighted by atomic mass is 10.1. The van der Waals surface area contributed by atoms with Crippen LogP contribution in [0.3, 0.4) is 0 Å². The number of hydrogen-bond donors (Lipinski definition) is 1. The van der Waals surface area contributed by atoms with Crippen molar-refractivity contribution in [2.75, 3.05) is 36.0 Å². The first-order valence-electron chi connectivity index (χ1n) is 9.21. The minimum atomic E-state index is 0.713. The van der Waals surface area contributed by atoms with E-state index in [0.29, 0.717) is 5.65 Å². The summed E-state index contributed by atoms with van der Waals surface area (Å²) in [6.45, 7) is 7.88. The van der Waals surface area contributed by atoms with Crippen LogP contribution in [0.5, 0.6) is 0 Å². The summed E-state index contributed by atoms with van der Waals surface area (Å²) in [6, 6.07) is 8.58. The molecule has 0 aliphatic carbocycles. The van der Waals surface area contributed by atoms with Gasteiger partial charge in [-0.3, -0.25) is 0 Å². The summed E-state index contributed by atoms with van der Waals surface area (Å²) in [5.41, 5.74) is 5.21. The number of aryl methyl sites for hydroxylation is 2. The molecule has 4 aromatic rings. The van der Waals surface area contributed by atoms with E-state index in [4.69, 9.17) is 4.98 Å². The number of aromatic nitrogens is 5. The molecular formula is C20H21N7. The zero-order valence-corrected chi connectivity index (χ0v) is 15.5. The van der Waals surface area contributed by atoms with Gasteiger partial charge in [0, 0.05) is 31.6 Å². The molecule has 1 aliphatic rings. The molecule has 136 valence electrons. The molecule has 0 amide bonds. The van der Waals surface area contributed by atoms with Crippen molar-refractivity contribution >= 4 is 33.7 Å². The van der Waals surface area contributed by atoms with Gasteiger partial charge in [-0.25, -0.2) is 19.9 Å². The van der Waals surface area contributed by atoms with Crippen molar-refractivity contribution in [2.45, 2.75) is 13.8 Å². The van der Waals surface area contributed by atoms with Gasteiger partial charge in [0.2, 0.25) is 0 Å². The molecule has 7 nitrogen and oxygen atoms in total.